The zero-order valence-electron chi connectivity index (χ0n) is 14.6. The molecule has 0 saturated carbocycles. The van der Waals surface area contributed by atoms with E-state index in [1.165, 1.54) is 0 Å². The van der Waals surface area contributed by atoms with E-state index in [1.54, 1.807) is 38.6 Å². The van der Waals surface area contributed by atoms with Gasteiger partial charge >= 0.3 is 0 Å². The number of carbonyl (C=O) groups excluding carboxylic acids is 1. The van der Waals surface area contributed by atoms with Gasteiger partial charge in [0.05, 0.1) is 14.2 Å². The molecule has 0 spiro atoms. The molecule has 1 aliphatic rings. The van der Waals surface area contributed by atoms with Gasteiger partial charge in [0.15, 0.2) is 0 Å². The summed E-state index contributed by atoms with van der Waals surface area (Å²) in [6.07, 6.45) is 3.76. The van der Waals surface area contributed by atoms with Gasteiger partial charge in [-0.05, 0) is 37.1 Å². The number of benzene rings is 1. The SMILES string of the molecule is COc1cc(OC)cc(C(=O)N[C@@H]2CCCN(c3ccccn3)C2)c1. The number of ether oxygens (including phenoxy) is 2. The topological polar surface area (TPSA) is 63.7 Å². The van der Waals surface area contributed by atoms with Crippen LogP contribution in [0.15, 0.2) is 42.6 Å². The summed E-state index contributed by atoms with van der Waals surface area (Å²) in [7, 11) is 3.14. The molecule has 0 radical (unpaired) electrons. The summed E-state index contributed by atoms with van der Waals surface area (Å²) >= 11 is 0. The van der Waals surface area contributed by atoms with Gasteiger partial charge in [-0.2, -0.15) is 0 Å². The number of aromatic nitrogens is 1. The molecule has 1 aromatic carbocycles. The van der Waals surface area contributed by atoms with Gasteiger partial charge < -0.3 is 19.7 Å². The molecule has 1 N–H and O–H groups in total. The van der Waals surface area contributed by atoms with Gasteiger partial charge in [-0.25, -0.2) is 4.98 Å². The first-order valence-corrected chi connectivity index (χ1v) is 8.39. The summed E-state index contributed by atoms with van der Waals surface area (Å²) in [6.45, 7) is 1.71. The third kappa shape index (κ3) is 4.21. The van der Waals surface area contributed by atoms with Crippen molar-refractivity contribution in [1.29, 1.82) is 0 Å². The average Bonchev–Trinajstić information content (AvgIpc) is 2.68. The van der Waals surface area contributed by atoms with Crippen molar-refractivity contribution in [3.05, 3.63) is 48.2 Å². The van der Waals surface area contributed by atoms with E-state index in [1.807, 2.05) is 18.2 Å². The van der Waals surface area contributed by atoms with Gasteiger partial charge in [0.25, 0.3) is 5.91 Å². The van der Waals surface area contributed by atoms with Crippen LogP contribution in [0.2, 0.25) is 0 Å². The molecule has 6 heteroatoms. The zero-order valence-corrected chi connectivity index (χ0v) is 14.6. The fourth-order valence-corrected chi connectivity index (χ4v) is 3.05. The van der Waals surface area contributed by atoms with E-state index in [9.17, 15) is 4.79 Å². The van der Waals surface area contributed by atoms with Crippen LogP contribution in [0, 0.1) is 0 Å². The Hall–Kier alpha value is -2.76. The van der Waals surface area contributed by atoms with Crippen molar-refractivity contribution < 1.29 is 14.3 Å². The van der Waals surface area contributed by atoms with Crippen molar-refractivity contribution >= 4 is 11.7 Å². The molecular formula is C19H23N3O3. The van der Waals surface area contributed by atoms with Gasteiger partial charge in [-0.1, -0.05) is 6.07 Å². The van der Waals surface area contributed by atoms with Crippen LogP contribution in [0.1, 0.15) is 23.2 Å². The van der Waals surface area contributed by atoms with Crippen LogP contribution in [0.3, 0.4) is 0 Å². The standard InChI is InChI=1S/C19H23N3O3/c1-24-16-10-14(11-17(12-16)25-2)19(23)21-15-6-5-9-22(13-15)18-7-3-4-8-20-18/h3-4,7-8,10-12,15H,5-6,9,13H2,1-2H3,(H,21,23)/t15-/m1/s1. The quantitative estimate of drug-likeness (QED) is 0.905. The molecule has 0 aliphatic carbocycles. The average molecular weight is 341 g/mol. The Morgan fingerprint density at radius 1 is 1.20 bits per heavy atom. The lowest BCUT2D eigenvalue weighted by Gasteiger charge is -2.34. The smallest absolute Gasteiger partial charge is 0.251 e. The fourth-order valence-electron chi connectivity index (χ4n) is 3.05. The summed E-state index contributed by atoms with van der Waals surface area (Å²) in [5.74, 6) is 2.03. The number of nitrogens with zero attached hydrogens (tertiary/aromatic N) is 2. The molecule has 132 valence electrons. The number of rotatable bonds is 5. The molecule has 6 nitrogen and oxygen atoms in total. The fraction of sp³-hybridized carbons (Fsp3) is 0.368. The normalized spacial score (nSPS) is 17.0. The number of amides is 1. The van der Waals surface area contributed by atoms with E-state index in [2.05, 4.69) is 15.2 Å². The second kappa shape index (κ2) is 7.88. The Balaban J connectivity index is 1.68. The van der Waals surface area contributed by atoms with Crippen LogP contribution in [0.25, 0.3) is 0 Å². The van der Waals surface area contributed by atoms with Gasteiger partial charge in [-0.15, -0.1) is 0 Å². The molecule has 0 unspecified atom stereocenters. The predicted molar refractivity (Wildman–Crippen MR) is 96.5 cm³/mol. The lowest BCUT2D eigenvalue weighted by molar-refractivity contribution is 0.0932. The van der Waals surface area contributed by atoms with E-state index in [0.717, 1.165) is 31.7 Å². The molecule has 1 aromatic heterocycles. The number of hydrogen-bond donors (Lipinski definition) is 1. The highest BCUT2D eigenvalue weighted by Gasteiger charge is 2.23. The number of methoxy groups -OCH3 is 2. The van der Waals surface area contributed by atoms with E-state index < -0.39 is 0 Å². The summed E-state index contributed by atoms with van der Waals surface area (Å²) < 4.78 is 10.5. The molecule has 3 rings (SSSR count). The first kappa shape index (κ1) is 17.1. The summed E-state index contributed by atoms with van der Waals surface area (Å²) in [6, 6.07) is 11.2. The predicted octanol–water partition coefficient (Wildman–Crippen LogP) is 2.50. The van der Waals surface area contributed by atoms with Crippen LogP contribution in [0.4, 0.5) is 5.82 Å². The van der Waals surface area contributed by atoms with E-state index in [0.29, 0.717) is 17.1 Å². The van der Waals surface area contributed by atoms with E-state index >= 15 is 0 Å². The number of carbonyl (C=O) groups is 1. The van der Waals surface area contributed by atoms with Crippen molar-refractivity contribution in [3.8, 4) is 11.5 Å². The second-order valence-corrected chi connectivity index (χ2v) is 6.05. The van der Waals surface area contributed by atoms with Crippen molar-refractivity contribution in [2.45, 2.75) is 18.9 Å². The molecule has 1 saturated heterocycles. The molecule has 25 heavy (non-hydrogen) atoms. The van der Waals surface area contributed by atoms with Gasteiger partial charge in [0, 0.05) is 37.0 Å². The third-order valence-electron chi connectivity index (χ3n) is 4.34. The highest BCUT2D eigenvalue weighted by Crippen LogP contribution is 2.23. The minimum atomic E-state index is -0.120. The first-order valence-electron chi connectivity index (χ1n) is 8.39. The van der Waals surface area contributed by atoms with Gasteiger partial charge in [0.2, 0.25) is 0 Å². The Morgan fingerprint density at radius 2 is 1.96 bits per heavy atom. The molecular weight excluding hydrogens is 318 g/mol. The molecule has 1 amide bonds. The summed E-state index contributed by atoms with van der Waals surface area (Å²) in [5, 5.41) is 3.12. The lowest BCUT2D eigenvalue weighted by Crippen LogP contribution is -2.48. The van der Waals surface area contributed by atoms with Gasteiger partial charge in [0.1, 0.15) is 17.3 Å². The number of hydrogen-bond acceptors (Lipinski definition) is 5. The number of anilines is 1. The van der Waals surface area contributed by atoms with Crippen LogP contribution in [-0.2, 0) is 0 Å². The molecule has 1 aliphatic heterocycles. The maximum atomic E-state index is 12.6. The van der Waals surface area contributed by atoms with Crippen LogP contribution < -0.4 is 19.7 Å². The van der Waals surface area contributed by atoms with Gasteiger partial charge in [-0.3, -0.25) is 4.79 Å². The second-order valence-electron chi connectivity index (χ2n) is 6.05. The zero-order chi connectivity index (χ0) is 17.6. The Labute approximate surface area is 147 Å². The molecule has 1 fully saturated rings. The van der Waals surface area contributed by atoms with Crippen molar-refractivity contribution in [2.24, 2.45) is 0 Å². The largest absolute Gasteiger partial charge is 0.497 e. The first-order chi connectivity index (χ1) is 12.2. The summed E-state index contributed by atoms with van der Waals surface area (Å²) in [5.41, 5.74) is 0.533. The lowest BCUT2D eigenvalue weighted by atomic mass is 10.0. The molecule has 1 atom stereocenters. The summed E-state index contributed by atoms with van der Waals surface area (Å²) in [4.78, 5) is 19.2. The highest BCUT2D eigenvalue weighted by atomic mass is 16.5. The Morgan fingerprint density at radius 3 is 2.60 bits per heavy atom. The number of piperidine rings is 1. The van der Waals surface area contributed by atoms with Crippen molar-refractivity contribution in [2.75, 3.05) is 32.2 Å². The Bertz CT molecular complexity index is 699. The Kier molecular flexibility index (Phi) is 5.38. The minimum absolute atomic E-state index is 0.0838. The number of pyridine rings is 1. The van der Waals surface area contributed by atoms with Crippen LogP contribution in [0.5, 0.6) is 11.5 Å². The van der Waals surface area contributed by atoms with E-state index in [-0.39, 0.29) is 11.9 Å². The molecule has 2 heterocycles. The molecule has 2 aromatic rings. The minimum Gasteiger partial charge on any atom is -0.497 e. The third-order valence-corrected chi connectivity index (χ3v) is 4.34. The maximum Gasteiger partial charge on any atom is 0.251 e. The van der Waals surface area contributed by atoms with E-state index in [4.69, 9.17) is 9.47 Å². The highest BCUT2D eigenvalue weighted by molar-refractivity contribution is 5.95. The molecule has 0 bridgehead atoms. The maximum absolute atomic E-state index is 12.6. The van der Waals surface area contributed by atoms with Crippen LogP contribution in [-0.4, -0.2) is 44.2 Å². The monoisotopic (exact) mass is 341 g/mol. The van der Waals surface area contributed by atoms with Crippen LogP contribution >= 0.6 is 0 Å². The number of nitrogens with one attached hydrogen (secondary N) is 1. The van der Waals surface area contributed by atoms with Crippen molar-refractivity contribution in [1.82, 2.24) is 10.3 Å². The van der Waals surface area contributed by atoms with Crippen molar-refractivity contribution in [3.63, 3.8) is 0 Å².